The first-order valence-corrected chi connectivity index (χ1v) is 10.2. The molecule has 0 aliphatic heterocycles. The number of aliphatic hydroxyl groups is 1. The number of hydrogen-bond donors (Lipinski definition) is 3. The van der Waals surface area contributed by atoms with Crippen LogP contribution in [0, 0.1) is 0 Å². The molecule has 6 heteroatoms. The SMILES string of the molecule is CC.O=C(/C=C/c1ccc(CN(CCO)CCc2ccc3ccoc3c2)cc1)NO. The van der Waals surface area contributed by atoms with Crippen molar-refractivity contribution in [1.82, 2.24) is 10.4 Å². The number of rotatable bonds is 9. The molecule has 1 aromatic heterocycles. The fraction of sp³-hybridized carbons (Fsp3) is 0.292. The third-order valence-electron chi connectivity index (χ3n) is 4.58. The second-order valence-electron chi connectivity index (χ2n) is 6.59. The van der Waals surface area contributed by atoms with E-state index < -0.39 is 5.91 Å². The lowest BCUT2D eigenvalue weighted by molar-refractivity contribution is -0.124. The van der Waals surface area contributed by atoms with Crippen LogP contribution in [0.1, 0.15) is 30.5 Å². The molecular weight excluding hydrogens is 380 g/mol. The average Bonchev–Trinajstić information content (AvgIpc) is 3.26. The Morgan fingerprint density at radius 3 is 2.50 bits per heavy atom. The molecule has 0 spiro atoms. The summed E-state index contributed by atoms with van der Waals surface area (Å²) in [6.07, 6.45) is 5.46. The summed E-state index contributed by atoms with van der Waals surface area (Å²) in [6, 6.07) is 16.0. The van der Waals surface area contributed by atoms with E-state index in [9.17, 15) is 9.90 Å². The van der Waals surface area contributed by atoms with Crippen molar-refractivity contribution < 1.29 is 19.5 Å². The molecule has 3 N–H and O–H groups in total. The normalized spacial score (nSPS) is 11.0. The quantitative estimate of drug-likeness (QED) is 0.282. The molecule has 2 aromatic carbocycles. The van der Waals surface area contributed by atoms with E-state index in [0.29, 0.717) is 6.54 Å². The van der Waals surface area contributed by atoms with E-state index in [2.05, 4.69) is 23.1 Å². The topological polar surface area (TPSA) is 85.9 Å². The molecule has 0 saturated carbocycles. The Morgan fingerprint density at radius 2 is 1.80 bits per heavy atom. The zero-order valence-electron chi connectivity index (χ0n) is 17.5. The van der Waals surface area contributed by atoms with Crippen LogP contribution in [0.2, 0.25) is 0 Å². The van der Waals surface area contributed by atoms with Crippen LogP contribution in [0.25, 0.3) is 17.0 Å². The van der Waals surface area contributed by atoms with E-state index in [1.807, 2.05) is 44.2 Å². The number of carbonyl (C=O) groups is 1. The van der Waals surface area contributed by atoms with E-state index in [1.165, 1.54) is 11.6 Å². The minimum Gasteiger partial charge on any atom is -0.464 e. The van der Waals surface area contributed by atoms with Crippen LogP contribution < -0.4 is 5.48 Å². The van der Waals surface area contributed by atoms with Crippen LogP contribution in [0.15, 0.2) is 65.3 Å². The highest BCUT2D eigenvalue weighted by Gasteiger charge is 2.07. The van der Waals surface area contributed by atoms with Crippen LogP contribution in [0.3, 0.4) is 0 Å². The van der Waals surface area contributed by atoms with E-state index in [1.54, 1.807) is 17.8 Å². The first-order valence-electron chi connectivity index (χ1n) is 10.2. The summed E-state index contributed by atoms with van der Waals surface area (Å²) in [5.74, 6) is -0.564. The molecule has 6 nitrogen and oxygen atoms in total. The number of carbonyl (C=O) groups excluding carboxylic acids is 1. The molecule has 1 heterocycles. The van der Waals surface area contributed by atoms with Gasteiger partial charge in [0.1, 0.15) is 5.58 Å². The van der Waals surface area contributed by atoms with Crippen molar-refractivity contribution in [1.29, 1.82) is 0 Å². The number of aliphatic hydroxyl groups excluding tert-OH is 1. The predicted molar refractivity (Wildman–Crippen MR) is 119 cm³/mol. The molecule has 0 fully saturated rings. The minimum absolute atomic E-state index is 0.105. The van der Waals surface area contributed by atoms with Gasteiger partial charge in [0.15, 0.2) is 0 Å². The first-order chi connectivity index (χ1) is 14.7. The summed E-state index contributed by atoms with van der Waals surface area (Å²) in [6.45, 7) is 6.26. The Kier molecular flexibility index (Phi) is 9.80. The molecule has 0 saturated heterocycles. The van der Waals surface area contributed by atoms with Gasteiger partial charge >= 0.3 is 0 Å². The number of benzene rings is 2. The van der Waals surface area contributed by atoms with Crippen LogP contribution in [-0.4, -0.2) is 40.8 Å². The second kappa shape index (κ2) is 12.6. The molecule has 1 amide bonds. The maximum atomic E-state index is 11.0. The molecule has 160 valence electrons. The van der Waals surface area contributed by atoms with Gasteiger partial charge in [-0.15, -0.1) is 0 Å². The number of nitrogens with one attached hydrogen (secondary N) is 1. The fourth-order valence-electron chi connectivity index (χ4n) is 3.05. The van der Waals surface area contributed by atoms with E-state index in [0.717, 1.165) is 41.6 Å². The third kappa shape index (κ3) is 7.15. The molecule has 30 heavy (non-hydrogen) atoms. The second-order valence-corrected chi connectivity index (χ2v) is 6.59. The molecule has 0 bridgehead atoms. The van der Waals surface area contributed by atoms with Gasteiger partial charge in [-0.1, -0.05) is 50.2 Å². The summed E-state index contributed by atoms with van der Waals surface area (Å²) in [5.41, 5.74) is 5.65. The van der Waals surface area contributed by atoms with E-state index >= 15 is 0 Å². The van der Waals surface area contributed by atoms with Gasteiger partial charge in [-0.2, -0.15) is 0 Å². The lowest BCUT2D eigenvalue weighted by Crippen LogP contribution is -2.28. The Hall–Kier alpha value is -2.93. The van der Waals surface area contributed by atoms with Crippen LogP contribution in [-0.2, 0) is 17.8 Å². The maximum Gasteiger partial charge on any atom is 0.267 e. The number of fused-ring (bicyclic) bond motifs is 1. The average molecular weight is 411 g/mol. The third-order valence-corrected chi connectivity index (χ3v) is 4.58. The number of amides is 1. The number of hydroxylamine groups is 1. The van der Waals surface area contributed by atoms with Gasteiger partial charge in [-0.25, -0.2) is 5.48 Å². The summed E-state index contributed by atoms with van der Waals surface area (Å²) < 4.78 is 5.46. The van der Waals surface area contributed by atoms with Crippen LogP contribution >= 0.6 is 0 Å². The van der Waals surface area contributed by atoms with Gasteiger partial charge in [-0.3, -0.25) is 14.9 Å². The highest BCUT2D eigenvalue weighted by Crippen LogP contribution is 2.18. The van der Waals surface area contributed by atoms with Gasteiger partial charge in [0.05, 0.1) is 12.9 Å². The van der Waals surface area contributed by atoms with Gasteiger partial charge < -0.3 is 9.52 Å². The van der Waals surface area contributed by atoms with Gasteiger partial charge in [0.2, 0.25) is 0 Å². The van der Waals surface area contributed by atoms with E-state index in [-0.39, 0.29) is 6.61 Å². The molecule has 0 radical (unpaired) electrons. The largest absolute Gasteiger partial charge is 0.464 e. The number of furan rings is 1. The van der Waals surface area contributed by atoms with Crippen LogP contribution in [0.5, 0.6) is 0 Å². The zero-order chi connectivity index (χ0) is 21.8. The predicted octanol–water partition coefficient (Wildman–Crippen LogP) is 4.01. The summed E-state index contributed by atoms with van der Waals surface area (Å²) >= 11 is 0. The molecule has 0 aliphatic rings. The molecule has 3 aromatic rings. The monoisotopic (exact) mass is 410 g/mol. The summed E-state index contributed by atoms with van der Waals surface area (Å²) in [7, 11) is 0. The maximum absolute atomic E-state index is 11.0. The lowest BCUT2D eigenvalue weighted by atomic mass is 10.1. The van der Waals surface area contributed by atoms with Crippen molar-refractivity contribution in [2.75, 3.05) is 19.7 Å². The number of nitrogens with zero attached hydrogens (tertiary/aromatic N) is 1. The Bertz CT molecular complexity index is 932. The van der Waals surface area contributed by atoms with Crippen molar-refractivity contribution in [3.63, 3.8) is 0 Å². The van der Waals surface area contributed by atoms with Crippen LogP contribution in [0.4, 0.5) is 0 Å². The molecule has 0 aliphatic carbocycles. The van der Waals surface area contributed by atoms with Crippen molar-refractivity contribution in [3.05, 3.63) is 77.6 Å². The molecule has 0 atom stereocenters. The van der Waals surface area contributed by atoms with Crippen molar-refractivity contribution in [3.8, 4) is 0 Å². The molecule has 3 rings (SSSR count). The Labute approximate surface area is 177 Å². The number of hydrogen-bond acceptors (Lipinski definition) is 5. The van der Waals surface area contributed by atoms with Gasteiger partial charge in [0, 0.05) is 31.1 Å². The van der Waals surface area contributed by atoms with Gasteiger partial charge in [-0.05, 0) is 41.3 Å². The Balaban J connectivity index is 0.00000155. The Morgan fingerprint density at radius 1 is 1.07 bits per heavy atom. The smallest absolute Gasteiger partial charge is 0.267 e. The molecular formula is C24H30N2O4. The minimum atomic E-state index is -0.564. The van der Waals surface area contributed by atoms with Crippen molar-refractivity contribution in [2.24, 2.45) is 0 Å². The van der Waals surface area contributed by atoms with Crippen molar-refractivity contribution >= 4 is 23.0 Å². The first kappa shape index (κ1) is 23.3. The highest BCUT2D eigenvalue weighted by molar-refractivity contribution is 5.90. The standard InChI is InChI=1S/C22H24N2O4.C2H6/c25-13-12-24(11-9-18-5-7-20-10-14-28-21(20)15-18)16-19-3-1-17(2-4-19)6-8-22(26)23-27;1-2/h1-8,10,14-15,25,27H,9,11-13,16H2,(H,23,26);1-2H3/b8-6+;. The summed E-state index contributed by atoms with van der Waals surface area (Å²) in [5, 5.41) is 19.0. The van der Waals surface area contributed by atoms with Crippen molar-refractivity contribution in [2.45, 2.75) is 26.8 Å². The highest BCUT2D eigenvalue weighted by atomic mass is 16.5. The summed E-state index contributed by atoms with van der Waals surface area (Å²) in [4.78, 5) is 13.2. The fourth-order valence-corrected chi connectivity index (χ4v) is 3.05. The van der Waals surface area contributed by atoms with Gasteiger partial charge in [0.25, 0.3) is 5.91 Å². The molecule has 0 unspecified atom stereocenters. The zero-order valence-corrected chi connectivity index (χ0v) is 17.5. The van der Waals surface area contributed by atoms with E-state index in [4.69, 9.17) is 9.62 Å². The lowest BCUT2D eigenvalue weighted by Gasteiger charge is -2.21.